The van der Waals surface area contributed by atoms with Crippen molar-refractivity contribution in [1.29, 1.82) is 0 Å². The van der Waals surface area contributed by atoms with E-state index in [1.54, 1.807) is 0 Å². The van der Waals surface area contributed by atoms with Crippen molar-refractivity contribution < 1.29 is 43.0 Å². The quantitative estimate of drug-likeness (QED) is 0.387. The fraction of sp³-hybridized carbons (Fsp3) is 0.571. The fourth-order valence-electron chi connectivity index (χ4n) is 2.20. The molecule has 24 heavy (non-hydrogen) atoms. The van der Waals surface area contributed by atoms with Gasteiger partial charge in [-0.05, 0) is 12.5 Å². The van der Waals surface area contributed by atoms with Crippen LogP contribution >= 0.6 is 7.60 Å². The van der Waals surface area contributed by atoms with Crippen LogP contribution in [0, 0.1) is 0 Å². The van der Waals surface area contributed by atoms with Crippen molar-refractivity contribution in [2.75, 3.05) is 13.3 Å². The van der Waals surface area contributed by atoms with E-state index in [0.717, 1.165) is 6.66 Å². The molecule has 1 aromatic heterocycles. The van der Waals surface area contributed by atoms with Gasteiger partial charge in [-0.1, -0.05) is 6.92 Å². The molecule has 2 rings (SSSR count). The van der Waals surface area contributed by atoms with Crippen LogP contribution in [0.2, 0.25) is 0 Å². The first-order chi connectivity index (χ1) is 11.2. The molecular formula is C14H20NO8P. The molecule has 0 aromatic carbocycles. The molecule has 1 aromatic rings. The number of esters is 1. The van der Waals surface area contributed by atoms with Crippen molar-refractivity contribution >= 4 is 13.6 Å². The van der Waals surface area contributed by atoms with Crippen molar-refractivity contribution in [1.82, 2.24) is 0 Å². The molecule has 1 aliphatic rings. The second-order valence-electron chi connectivity index (χ2n) is 5.43. The van der Waals surface area contributed by atoms with E-state index in [4.69, 9.17) is 9.47 Å². The highest BCUT2D eigenvalue weighted by Gasteiger charge is 2.49. The van der Waals surface area contributed by atoms with Crippen LogP contribution in [-0.2, 0) is 18.6 Å². The maximum Gasteiger partial charge on any atom is 0.344 e. The van der Waals surface area contributed by atoms with E-state index < -0.39 is 38.3 Å². The molecule has 9 nitrogen and oxygen atoms in total. The molecule has 2 N–H and O–H groups in total. The molecule has 1 unspecified atom stereocenters. The van der Waals surface area contributed by atoms with Gasteiger partial charge >= 0.3 is 5.97 Å². The summed E-state index contributed by atoms with van der Waals surface area (Å²) in [5.41, 5.74) is 0.227. The molecule has 10 heteroatoms. The summed E-state index contributed by atoms with van der Waals surface area (Å²) in [6.45, 7) is 2.98. The Balaban J connectivity index is 2.16. The zero-order valence-electron chi connectivity index (χ0n) is 13.3. The van der Waals surface area contributed by atoms with Crippen molar-refractivity contribution in [2.24, 2.45) is 0 Å². The van der Waals surface area contributed by atoms with E-state index in [9.17, 15) is 24.5 Å². The highest BCUT2D eigenvalue weighted by molar-refractivity contribution is 7.50. The number of aliphatic hydroxyl groups excluding tert-OH is 2. The molecule has 1 aliphatic heterocycles. The number of carbonyl (C=O) groups is 1. The first-order valence-electron chi connectivity index (χ1n) is 7.39. The molecule has 1 saturated heterocycles. The molecular weight excluding hydrogens is 341 g/mol. The lowest BCUT2D eigenvalue weighted by Gasteiger charge is -2.23. The molecule has 0 saturated carbocycles. The number of carbonyl (C=O) groups excluding carboxylic acids is 1. The van der Waals surface area contributed by atoms with E-state index in [1.165, 1.54) is 29.1 Å². The predicted molar refractivity (Wildman–Crippen MR) is 77.7 cm³/mol. The highest BCUT2D eigenvalue weighted by atomic mass is 31.2. The Morgan fingerprint density at radius 3 is 2.79 bits per heavy atom. The molecule has 2 heterocycles. The molecule has 0 aliphatic carbocycles. The summed E-state index contributed by atoms with van der Waals surface area (Å²) in [6, 6.07) is 3.07. The molecule has 5 atom stereocenters. The number of aromatic nitrogens is 1. The topological polar surface area (TPSA) is 129 Å². The standard InChI is InChI=1S/C14H20NO8P/c1-3-7-21-13(18)9-5-4-6-15(8-9)12-10(16)11(17)14(22-12)23-24(2,19)20/h4-6,8,10-12,14,16-17H,3,7H2,1-2H3/t10-,11+,12+,14+/m0/s1. The number of nitrogens with zero attached hydrogens (tertiary/aromatic N) is 1. The summed E-state index contributed by atoms with van der Waals surface area (Å²) >= 11 is 0. The average Bonchev–Trinajstić information content (AvgIpc) is 2.79. The monoisotopic (exact) mass is 361 g/mol. The minimum absolute atomic E-state index is 0.227. The van der Waals surface area contributed by atoms with Crippen LogP contribution < -0.4 is 9.46 Å². The number of hydrogen-bond acceptors (Lipinski definition) is 8. The third-order valence-corrected chi connectivity index (χ3v) is 3.87. The van der Waals surface area contributed by atoms with Crippen LogP contribution in [0.4, 0.5) is 0 Å². The summed E-state index contributed by atoms with van der Waals surface area (Å²) in [7, 11) is -4.16. The Morgan fingerprint density at radius 1 is 1.46 bits per heavy atom. The molecule has 134 valence electrons. The van der Waals surface area contributed by atoms with Gasteiger partial charge in [0.15, 0.2) is 24.8 Å². The lowest BCUT2D eigenvalue weighted by molar-refractivity contribution is -0.767. The van der Waals surface area contributed by atoms with Gasteiger partial charge in [0, 0.05) is 12.7 Å². The smallest absolute Gasteiger partial charge is 0.344 e. The number of ether oxygens (including phenoxy) is 2. The predicted octanol–water partition coefficient (Wildman–Crippen LogP) is -0.683. The van der Waals surface area contributed by atoms with Crippen LogP contribution in [0.25, 0.3) is 0 Å². The van der Waals surface area contributed by atoms with E-state index in [2.05, 4.69) is 4.52 Å². The molecule has 0 spiro atoms. The molecule has 0 bridgehead atoms. The lowest BCUT2D eigenvalue weighted by Crippen LogP contribution is -2.46. The first kappa shape index (κ1) is 19.0. The van der Waals surface area contributed by atoms with Crippen LogP contribution in [0.3, 0.4) is 0 Å². The summed E-state index contributed by atoms with van der Waals surface area (Å²) in [6.07, 6.45) is -2.07. The minimum atomic E-state index is -4.16. The zero-order valence-corrected chi connectivity index (χ0v) is 14.2. The Kier molecular flexibility index (Phi) is 6.08. The SMILES string of the molecule is CCCOC(=O)c1ccc[n+]([C@@H]2O[C@H](OP(C)(=O)[O-])[C@H](O)[C@@H]2O)c1. The van der Waals surface area contributed by atoms with Gasteiger partial charge < -0.3 is 28.9 Å². The highest BCUT2D eigenvalue weighted by Crippen LogP contribution is 2.38. The van der Waals surface area contributed by atoms with Gasteiger partial charge in [0.05, 0.1) is 6.61 Å². The van der Waals surface area contributed by atoms with Crippen molar-refractivity contribution in [3.05, 3.63) is 30.1 Å². The Morgan fingerprint density at radius 2 is 2.17 bits per heavy atom. The second-order valence-corrected chi connectivity index (χ2v) is 7.18. The van der Waals surface area contributed by atoms with Gasteiger partial charge in [-0.2, -0.15) is 4.57 Å². The number of aliphatic hydroxyl groups is 2. The molecule has 0 amide bonds. The van der Waals surface area contributed by atoms with E-state index in [0.29, 0.717) is 6.42 Å². The minimum Gasteiger partial charge on any atom is -0.779 e. The fourth-order valence-corrected chi connectivity index (χ4v) is 2.75. The largest absolute Gasteiger partial charge is 0.779 e. The first-order valence-corrected chi connectivity index (χ1v) is 9.38. The van der Waals surface area contributed by atoms with Crippen molar-refractivity contribution in [3.8, 4) is 0 Å². The van der Waals surface area contributed by atoms with Gasteiger partial charge in [-0.3, -0.25) is 4.74 Å². The van der Waals surface area contributed by atoms with Gasteiger partial charge in [0.1, 0.15) is 19.3 Å². The lowest BCUT2D eigenvalue weighted by atomic mass is 10.2. The van der Waals surface area contributed by atoms with Gasteiger partial charge in [0.25, 0.3) is 6.23 Å². The van der Waals surface area contributed by atoms with Crippen molar-refractivity contribution in [2.45, 2.75) is 38.1 Å². The maximum absolute atomic E-state index is 11.9. The maximum atomic E-state index is 11.9. The summed E-state index contributed by atoms with van der Waals surface area (Å²) < 4.78 is 27.5. The Hall–Kier alpha value is -1.35. The number of pyridine rings is 1. The third-order valence-electron chi connectivity index (χ3n) is 3.28. The summed E-state index contributed by atoms with van der Waals surface area (Å²) in [5, 5.41) is 19.9. The van der Waals surface area contributed by atoms with Gasteiger partial charge in [-0.15, -0.1) is 0 Å². The van der Waals surface area contributed by atoms with Crippen molar-refractivity contribution in [3.63, 3.8) is 0 Å². The number of rotatable bonds is 6. The van der Waals surface area contributed by atoms with E-state index >= 15 is 0 Å². The van der Waals surface area contributed by atoms with Crippen LogP contribution in [0.15, 0.2) is 24.5 Å². The van der Waals surface area contributed by atoms with Gasteiger partial charge in [0.2, 0.25) is 0 Å². The Labute approximate surface area is 138 Å². The Bertz CT molecular complexity index is 633. The van der Waals surface area contributed by atoms with E-state index in [1.807, 2.05) is 6.92 Å². The van der Waals surface area contributed by atoms with Crippen LogP contribution in [0.5, 0.6) is 0 Å². The van der Waals surface area contributed by atoms with Gasteiger partial charge in [-0.25, -0.2) is 4.79 Å². The zero-order chi connectivity index (χ0) is 17.9. The number of hydrogen-bond donors (Lipinski definition) is 2. The summed E-state index contributed by atoms with van der Waals surface area (Å²) in [4.78, 5) is 23.1. The normalized spacial score (nSPS) is 29.2. The average molecular weight is 361 g/mol. The van der Waals surface area contributed by atoms with E-state index in [-0.39, 0.29) is 12.2 Å². The second kappa shape index (κ2) is 7.69. The van der Waals surface area contributed by atoms with Crippen LogP contribution in [-0.4, -0.2) is 48.0 Å². The third kappa shape index (κ3) is 4.60. The van der Waals surface area contributed by atoms with Crippen LogP contribution in [0.1, 0.15) is 29.9 Å². The summed E-state index contributed by atoms with van der Waals surface area (Å²) in [5.74, 6) is -0.537. The molecule has 0 radical (unpaired) electrons. The molecule has 1 fully saturated rings.